The zero-order valence-electron chi connectivity index (χ0n) is 13.4. The molecular formula is C18H17F2N3O2. The maximum absolute atomic E-state index is 14.0. The normalized spacial score (nSPS) is 19.6. The number of nitrogens with zero attached hydrogens (tertiary/aromatic N) is 2. The van der Waals surface area contributed by atoms with Crippen LogP contribution in [0, 0.1) is 18.2 Å². The van der Waals surface area contributed by atoms with E-state index < -0.39 is 11.6 Å². The van der Waals surface area contributed by atoms with E-state index in [0.717, 1.165) is 12.5 Å². The number of pyridine rings is 1. The van der Waals surface area contributed by atoms with Gasteiger partial charge in [-0.25, -0.2) is 13.6 Å². The summed E-state index contributed by atoms with van der Waals surface area (Å²) in [5.41, 5.74) is 0.981. The molecule has 2 heterocycles. The highest BCUT2D eigenvalue weighted by Gasteiger charge is 2.26. The van der Waals surface area contributed by atoms with Crippen molar-refractivity contribution in [2.24, 2.45) is 0 Å². The van der Waals surface area contributed by atoms with Crippen molar-refractivity contribution in [2.45, 2.75) is 25.0 Å². The van der Waals surface area contributed by atoms with Gasteiger partial charge >= 0.3 is 0 Å². The smallest absolute Gasteiger partial charge is 0.190 e. The van der Waals surface area contributed by atoms with Gasteiger partial charge in [-0.2, -0.15) is 0 Å². The summed E-state index contributed by atoms with van der Waals surface area (Å²) in [5, 5.41) is 12.4. The number of aliphatic hydroxyl groups is 1. The fraction of sp³-hybridized carbons (Fsp3) is 0.333. The molecule has 1 fully saturated rings. The number of halogens is 2. The Bertz CT molecular complexity index is 807. The second-order valence-corrected chi connectivity index (χ2v) is 5.90. The molecule has 0 radical (unpaired) electrons. The minimum absolute atomic E-state index is 0.0200. The third-order valence-electron chi connectivity index (χ3n) is 4.21. The third kappa shape index (κ3) is 3.92. The second-order valence-electron chi connectivity index (χ2n) is 5.90. The average Bonchev–Trinajstić information content (AvgIpc) is 3.11. The van der Waals surface area contributed by atoms with Crippen molar-refractivity contribution in [2.75, 3.05) is 13.2 Å². The van der Waals surface area contributed by atoms with E-state index >= 15 is 0 Å². The zero-order chi connectivity index (χ0) is 17.8. The van der Waals surface area contributed by atoms with Gasteiger partial charge in [0.25, 0.3) is 0 Å². The molecule has 1 aliphatic rings. The van der Waals surface area contributed by atoms with E-state index in [9.17, 15) is 13.9 Å². The molecule has 25 heavy (non-hydrogen) atoms. The largest absolute Gasteiger partial charge is 0.484 e. The lowest BCUT2D eigenvalue weighted by molar-refractivity contribution is 0.254. The van der Waals surface area contributed by atoms with Crippen LogP contribution in [0.25, 0.3) is 4.85 Å². The Labute approximate surface area is 144 Å². The monoisotopic (exact) mass is 345 g/mol. The minimum Gasteiger partial charge on any atom is -0.484 e. The summed E-state index contributed by atoms with van der Waals surface area (Å²) in [4.78, 5) is 7.44. The highest BCUT2D eigenvalue weighted by Crippen LogP contribution is 2.26. The Morgan fingerprint density at radius 2 is 2.12 bits per heavy atom. The standard InChI is InChI=1S/C18H17F2N3O2/c1-21-12-2-5-18(15(20)7-12)25-10-17-14(19)3-4-16(23-17)11-6-13(9-24)22-8-11/h2-5,7,11,13,22,24H,6,8-10H2/t11?,13-/m1/s1. The maximum Gasteiger partial charge on any atom is 0.190 e. The molecule has 1 aromatic carbocycles. The molecule has 2 atom stereocenters. The Kier molecular flexibility index (Phi) is 5.22. The summed E-state index contributed by atoms with van der Waals surface area (Å²) in [6, 6.07) is 6.82. The molecule has 0 bridgehead atoms. The SMILES string of the molecule is [C-]#[N+]c1ccc(OCc2nc(C3CN[C@@H](CO)C3)ccc2F)c(F)c1. The van der Waals surface area contributed by atoms with E-state index in [0.29, 0.717) is 12.2 Å². The van der Waals surface area contributed by atoms with E-state index in [2.05, 4.69) is 15.1 Å². The molecule has 0 spiro atoms. The Hall–Kier alpha value is -2.56. The van der Waals surface area contributed by atoms with Gasteiger partial charge < -0.3 is 15.2 Å². The van der Waals surface area contributed by atoms with Gasteiger partial charge in [0.1, 0.15) is 18.1 Å². The summed E-state index contributed by atoms with van der Waals surface area (Å²) in [6.45, 7) is 7.35. The van der Waals surface area contributed by atoms with Crippen molar-refractivity contribution in [1.29, 1.82) is 0 Å². The van der Waals surface area contributed by atoms with Crippen molar-refractivity contribution in [3.05, 3.63) is 64.8 Å². The van der Waals surface area contributed by atoms with E-state index in [1.54, 1.807) is 6.07 Å². The van der Waals surface area contributed by atoms with Gasteiger partial charge in [-0.3, -0.25) is 4.98 Å². The average molecular weight is 345 g/mol. The van der Waals surface area contributed by atoms with E-state index in [1.807, 2.05) is 0 Å². The van der Waals surface area contributed by atoms with E-state index in [4.69, 9.17) is 11.3 Å². The van der Waals surface area contributed by atoms with Gasteiger partial charge in [-0.05, 0) is 30.7 Å². The first-order chi connectivity index (χ1) is 12.1. The van der Waals surface area contributed by atoms with Gasteiger partial charge in [0.2, 0.25) is 0 Å². The molecule has 1 unspecified atom stereocenters. The lowest BCUT2D eigenvalue weighted by Gasteiger charge is -2.12. The first-order valence-corrected chi connectivity index (χ1v) is 7.90. The summed E-state index contributed by atoms with van der Waals surface area (Å²) < 4.78 is 33.1. The molecule has 0 saturated carbocycles. The van der Waals surface area contributed by atoms with Gasteiger partial charge in [0.15, 0.2) is 17.3 Å². The number of hydrogen-bond acceptors (Lipinski definition) is 4. The maximum atomic E-state index is 14.0. The van der Waals surface area contributed by atoms with Crippen LogP contribution >= 0.6 is 0 Å². The summed E-state index contributed by atoms with van der Waals surface area (Å²) in [5.74, 6) is -1.16. The molecule has 3 rings (SSSR count). The number of rotatable bonds is 5. The highest BCUT2D eigenvalue weighted by molar-refractivity contribution is 5.47. The van der Waals surface area contributed by atoms with Crippen molar-refractivity contribution >= 4 is 5.69 Å². The lowest BCUT2D eigenvalue weighted by Crippen LogP contribution is -2.24. The predicted molar refractivity (Wildman–Crippen MR) is 87.4 cm³/mol. The molecule has 5 nitrogen and oxygen atoms in total. The molecule has 0 amide bonds. The second kappa shape index (κ2) is 7.55. The van der Waals surface area contributed by atoms with Crippen molar-refractivity contribution in [1.82, 2.24) is 10.3 Å². The molecule has 7 heteroatoms. The van der Waals surface area contributed by atoms with Crippen molar-refractivity contribution in [3.63, 3.8) is 0 Å². The molecule has 0 aliphatic carbocycles. The highest BCUT2D eigenvalue weighted by atomic mass is 19.1. The number of aromatic nitrogens is 1. The van der Waals surface area contributed by atoms with E-state index in [1.165, 1.54) is 18.2 Å². The van der Waals surface area contributed by atoms with Crippen LogP contribution in [-0.2, 0) is 6.61 Å². The van der Waals surface area contributed by atoms with Crippen LogP contribution in [0.2, 0.25) is 0 Å². The number of aliphatic hydroxyl groups excluding tert-OH is 1. The predicted octanol–water partition coefficient (Wildman–Crippen LogP) is 2.93. The molecule has 1 aliphatic heterocycles. The summed E-state index contributed by atoms with van der Waals surface area (Å²) >= 11 is 0. The van der Waals surface area contributed by atoms with Crippen molar-refractivity contribution in [3.8, 4) is 5.75 Å². The van der Waals surface area contributed by atoms with Crippen LogP contribution in [-0.4, -0.2) is 29.3 Å². The molecular weight excluding hydrogens is 328 g/mol. The number of ether oxygens (including phenoxy) is 1. The van der Waals surface area contributed by atoms with Crippen LogP contribution in [0.5, 0.6) is 5.75 Å². The van der Waals surface area contributed by atoms with Gasteiger partial charge in [-0.1, -0.05) is 6.07 Å². The fourth-order valence-electron chi connectivity index (χ4n) is 2.84. The Morgan fingerprint density at radius 3 is 2.80 bits per heavy atom. The van der Waals surface area contributed by atoms with Gasteiger partial charge in [0.05, 0.1) is 13.2 Å². The number of benzene rings is 1. The Balaban J connectivity index is 1.72. The van der Waals surface area contributed by atoms with Crippen LogP contribution in [0.4, 0.5) is 14.5 Å². The molecule has 130 valence electrons. The van der Waals surface area contributed by atoms with Crippen LogP contribution < -0.4 is 10.1 Å². The first kappa shape index (κ1) is 17.3. The van der Waals surface area contributed by atoms with Crippen molar-refractivity contribution < 1.29 is 18.6 Å². The molecule has 1 aromatic heterocycles. The quantitative estimate of drug-likeness (QED) is 0.818. The topological polar surface area (TPSA) is 58.7 Å². The number of nitrogens with one attached hydrogen (secondary N) is 1. The first-order valence-electron chi connectivity index (χ1n) is 7.90. The minimum atomic E-state index is -0.671. The molecule has 2 aromatic rings. The Morgan fingerprint density at radius 1 is 1.28 bits per heavy atom. The summed E-state index contributed by atoms with van der Waals surface area (Å²) in [6.07, 6.45) is 0.724. The van der Waals surface area contributed by atoms with Gasteiger partial charge in [0, 0.05) is 24.2 Å². The van der Waals surface area contributed by atoms with Gasteiger partial charge in [-0.15, -0.1) is 0 Å². The van der Waals surface area contributed by atoms with Crippen LogP contribution in [0.15, 0.2) is 30.3 Å². The number of hydrogen-bond donors (Lipinski definition) is 2. The molecule has 1 saturated heterocycles. The lowest BCUT2D eigenvalue weighted by atomic mass is 10.0. The third-order valence-corrected chi connectivity index (χ3v) is 4.21. The summed E-state index contributed by atoms with van der Waals surface area (Å²) in [7, 11) is 0. The fourth-order valence-corrected chi connectivity index (χ4v) is 2.84. The van der Waals surface area contributed by atoms with Crippen LogP contribution in [0.3, 0.4) is 0 Å². The van der Waals surface area contributed by atoms with Crippen LogP contribution in [0.1, 0.15) is 23.7 Å². The zero-order valence-corrected chi connectivity index (χ0v) is 13.4. The molecule has 2 N–H and O–H groups in total. The van der Waals surface area contributed by atoms with E-state index in [-0.39, 0.29) is 42.3 Å².